The Morgan fingerprint density at radius 2 is 2.20 bits per heavy atom. The Hall–Kier alpha value is -0.550. The van der Waals surface area contributed by atoms with Crippen molar-refractivity contribution in [3.8, 4) is 6.07 Å². The minimum atomic E-state index is -3.82. The van der Waals surface area contributed by atoms with Crippen LogP contribution in [0.2, 0.25) is 0 Å². The Labute approximate surface area is 93.6 Å². The van der Waals surface area contributed by atoms with E-state index in [0.717, 1.165) is 16.7 Å². The first-order valence-electron chi connectivity index (χ1n) is 4.36. The molecule has 0 bridgehead atoms. The Bertz CT molecular complexity index is 449. The molecule has 2 unspecified atom stereocenters. The molecule has 1 heterocycles. The van der Waals surface area contributed by atoms with Gasteiger partial charge >= 0.3 is 0 Å². The number of nitrogens with zero attached hydrogens (tertiary/aromatic N) is 1. The number of thioether (sulfide) groups is 1. The summed E-state index contributed by atoms with van der Waals surface area (Å²) >= 11 is 1.06. The van der Waals surface area contributed by atoms with Gasteiger partial charge in [-0.2, -0.15) is 5.26 Å². The molecule has 1 aliphatic rings. The molecule has 0 radical (unpaired) electrons. The Morgan fingerprint density at radius 1 is 1.67 bits per heavy atom. The molecule has 0 saturated heterocycles. The van der Waals surface area contributed by atoms with Crippen LogP contribution in [0.1, 0.15) is 20.3 Å². The average Bonchev–Trinajstić information content (AvgIpc) is 2.38. The minimum Gasteiger partial charge on any atom is -0.308 e. The van der Waals surface area contributed by atoms with E-state index in [2.05, 4.69) is 0 Å². The van der Waals surface area contributed by atoms with E-state index >= 15 is 0 Å². The molecule has 4 N–H and O–H groups in total. The van der Waals surface area contributed by atoms with Crippen molar-refractivity contribution >= 4 is 21.8 Å². The molecule has 0 aromatic heterocycles. The Kier molecular flexibility index (Phi) is 3.16. The van der Waals surface area contributed by atoms with Crippen LogP contribution in [-0.2, 0) is 10.0 Å². The van der Waals surface area contributed by atoms with Crippen molar-refractivity contribution in [3.63, 3.8) is 0 Å². The van der Waals surface area contributed by atoms with Gasteiger partial charge < -0.3 is 5.73 Å². The third-order valence-electron chi connectivity index (χ3n) is 2.42. The van der Waals surface area contributed by atoms with Crippen molar-refractivity contribution < 1.29 is 8.42 Å². The highest BCUT2D eigenvalue weighted by atomic mass is 32.3. The molecule has 0 spiro atoms. The predicted octanol–water partition coefficient (Wildman–Crippen LogP) is 0.253. The molecular formula is C8H13N3O2S2. The molecule has 2 atom stereocenters. The molecule has 0 amide bonds. The lowest BCUT2D eigenvalue weighted by Gasteiger charge is -2.24. The van der Waals surface area contributed by atoms with Crippen molar-refractivity contribution in [3.05, 3.63) is 10.5 Å². The van der Waals surface area contributed by atoms with Gasteiger partial charge in [0.2, 0.25) is 10.0 Å². The summed E-state index contributed by atoms with van der Waals surface area (Å²) < 4.78 is 21.5. The van der Waals surface area contributed by atoms with Crippen molar-refractivity contribution in [1.29, 1.82) is 5.26 Å². The summed E-state index contributed by atoms with van der Waals surface area (Å²) in [6, 6.07) is 1.87. The summed E-state index contributed by atoms with van der Waals surface area (Å²) in [7, 11) is -3.82. The zero-order chi connectivity index (χ0) is 11.9. The summed E-state index contributed by atoms with van der Waals surface area (Å²) in [4.78, 5) is 0.778. The number of rotatable bonds is 2. The molecule has 1 rings (SSSR count). The van der Waals surface area contributed by atoms with Crippen LogP contribution in [0.25, 0.3) is 0 Å². The second-order valence-corrected chi connectivity index (χ2v) is 6.68. The molecule has 7 heteroatoms. The number of nitriles is 1. The molecule has 15 heavy (non-hydrogen) atoms. The third kappa shape index (κ3) is 1.90. The molecular weight excluding hydrogens is 234 g/mol. The van der Waals surface area contributed by atoms with E-state index in [0.29, 0.717) is 12.0 Å². The standard InChI is InChI=1S/C8H13N3O2S2/c1-3-6-5(2)14-7(15(11,12)13)8(6,10)4-9/h7H,3,10H2,1-2H3,(H2,11,12,13). The molecule has 0 fully saturated rings. The highest BCUT2D eigenvalue weighted by Crippen LogP contribution is 2.45. The lowest BCUT2D eigenvalue weighted by atomic mass is 9.92. The van der Waals surface area contributed by atoms with Crippen LogP contribution in [0, 0.1) is 11.3 Å². The monoisotopic (exact) mass is 247 g/mol. The van der Waals surface area contributed by atoms with Crippen molar-refractivity contribution in [2.45, 2.75) is 30.4 Å². The molecule has 1 aliphatic heterocycles. The molecule has 84 valence electrons. The van der Waals surface area contributed by atoms with Crippen LogP contribution in [0.15, 0.2) is 10.5 Å². The number of allylic oxidation sites excluding steroid dienone is 1. The zero-order valence-electron chi connectivity index (χ0n) is 8.52. The fourth-order valence-corrected chi connectivity index (χ4v) is 4.59. The summed E-state index contributed by atoms with van der Waals surface area (Å²) in [5.74, 6) is 0. The van der Waals surface area contributed by atoms with Gasteiger partial charge in [0.05, 0.1) is 6.07 Å². The van der Waals surface area contributed by atoms with E-state index in [-0.39, 0.29) is 0 Å². The zero-order valence-corrected chi connectivity index (χ0v) is 10.2. The predicted molar refractivity (Wildman–Crippen MR) is 60.0 cm³/mol. The van der Waals surface area contributed by atoms with Crippen molar-refractivity contribution in [1.82, 2.24) is 0 Å². The van der Waals surface area contributed by atoms with Gasteiger partial charge in [-0.25, -0.2) is 13.6 Å². The maximum Gasteiger partial charge on any atom is 0.225 e. The quantitative estimate of drug-likeness (QED) is 0.727. The smallest absolute Gasteiger partial charge is 0.225 e. The topological polar surface area (TPSA) is 110 Å². The highest BCUT2D eigenvalue weighted by Gasteiger charge is 2.50. The van der Waals surface area contributed by atoms with Gasteiger partial charge in [0.25, 0.3) is 0 Å². The van der Waals surface area contributed by atoms with Crippen LogP contribution < -0.4 is 10.9 Å². The fourth-order valence-electron chi connectivity index (χ4n) is 1.75. The lowest BCUT2D eigenvalue weighted by molar-refractivity contribution is 0.572. The van der Waals surface area contributed by atoms with Crippen LogP contribution in [0.5, 0.6) is 0 Å². The van der Waals surface area contributed by atoms with Crippen molar-refractivity contribution in [2.75, 3.05) is 0 Å². The molecule has 0 saturated carbocycles. The number of primary sulfonamides is 1. The highest BCUT2D eigenvalue weighted by molar-refractivity contribution is 8.15. The van der Waals surface area contributed by atoms with Gasteiger partial charge in [-0.1, -0.05) is 6.92 Å². The maximum atomic E-state index is 11.3. The van der Waals surface area contributed by atoms with E-state index in [9.17, 15) is 8.42 Å². The van der Waals surface area contributed by atoms with Gasteiger partial charge in [-0.05, 0) is 23.8 Å². The lowest BCUT2D eigenvalue weighted by Crippen LogP contribution is -2.52. The van der Waals surface area contributed by atoms with Crippen LogP contribution in [-0.4, -0.2) is 18.5 Å². The Balaban J connectivity index is 3.31. The van der Waals surface area contributed by atoms with Gasteiger partial charge in [0.1, 0.15) is 0 Å². The first kappa shape index (κ1) is 12.5. The molecule has 0 aliphatic carbocycles. The van der Waals surface area contributed by atoms with Gasteiger partial charge in [0.15, 0.2) is 10.1 Å². The molecule has 5 nitrogen and oxygen atoms in total. The maximum absolute atomic E-state index is 11.3. The molecule has 0 aromatic carbocycles. The van der Waals surface area contributed by atoms with E-state index in [1.165, 1.54) is 0 Å². The average molecular weight is 247 g/mol. The van der Waals surface area contributed by atoms with E-state index < -0.39 is 20.1 Å². The van der Waals surface area contributed by atoms with Gasteiger partial charge in [-0.3, -0.25) is 0 Å². The van der Waals surface area contributed by atoms with E-state index in [1.807, 2.05) is 13.0 Å². The minimum absolute atomic E-state index is 0.551. The van der Waals surface area contributed by atoms with Crippen LogP contribution in [0.4, 0.5) is 0 Å². The van der Waals surface area contributed by atoms with Crippen molar-refractivity contribution in [2.24, 2.45) is 10.9 Å². The number of sulfonamides is 1. The van der Waals surface area contributed by atoms with E-state index in [1.54, 1.807) is 6.92 Å². The largest absolute Gasteiger partial charge is 0.308 e. The summed E-state index contributed by atoms with van der Waals surface area (Å²) in [5, 5.41) is 14.1. The van der Waals surface area contributed by atoms with E-state index in [4.69, 9.17) is 16.1 Å². The summed E-state index contributed by atoms with van der Waals surface area (Å²) in [6.45, 7) is 3.59. The summed E-state index contributed by atoms with van der Waals surface area (Å²) in [5.41, 5.74) is 5.01. The first-order valence-corrected chi connectivity index (χ1v) is 6.85. The number of hydrogen-bond donors (Lipinski definition) is 2. The third-order valence-corrected chi connectivity index (χ3v) is 5.66. The second-order valence-electron chi connectivity index (χ2n) is 3.41. The second kappa shape index (κ2) is 3.79. The number of nitrogens with two attached hydrogens (primary N) is 2. The van der Waals surface area contributed by atoms with Crippen LogP contribution in [0.3, 0.4) is 0 Å². The van der Waals surface area contributed by atoms with Crippen LogP contribution >= 0.6 is 11.8 Å². The Morgan fingerprint density at radius 3 is 2.53 bits per heavy atom. The fraction of sp³-hybridized carbons (Fsp3) is 0.625. The normalized spacial score (nSPS) is 31.8. The molecule has 0 aromatic rings. The first-order chi connectivity index (χ1) is 6.77. The number of hydrogen-bond acceptors (Lipinski definition) is 5. The van der Waals surface area contributed by atoms with Gasteiger partial charge in [0, 0.05) is 0 Å². The van der Waals surface area contributed by atoms with Gasteiger partial charge in [-0.15, -0.1) is 11.8 Å². The SMILES string of the molecule is CCC1=C(C)SC(S(N)(=O)=O)C1(N)C#N. The summed E-state index contributed by atoms with van der Waals surface area (Å²) in [6.07, 6.45) is 0.551.